The van der Waals surface area contributed by atoms with Gasteiger partial charge in [-0.3, -0.25) is 14.2 Å². The number of benzene rings is 1. The number of fused-ring (bicyclic) bond motifs is 3. The van der Waals surface area contributed by atoms with Crippen LogP contribution in [0.25, 0.3) is 27.5 Å². The molecule has 4 rings (SSSR count). The van der Waals surface area contributed by atoms with Gasteiger partial charge in [-0.2, -0.15) is 0 Å². The second-order valence-corrected chi connectivity index (χ2v) is 5.26. The van der Waals surface area contributed by atoms with Crippen molar-refractivity contribution < 1.29 is 4.74 Å². The molecule has 0 aliphatic carbocycles. The largest absolute Gasteiger partial charge is 0.497 e. The molecule has 0 radical (unpaired) electrons. The van der Waals surface area contributed by atoms with E-state index < -0.39 is 0 Å². The number of hydrogen-bond donors (Lipinski definition) is 0. The molecule has 0 aliphatic rings. The number of pyridine rings is 3. The zero-order valence-electron chi connectivity index (χ0n) is 12.6. The molecule has 4 heteroatoms. The molecule has 0 bridgehead atoms. The van der Waals surface area contributed by atoms with E-state index in [2.05, 4.69) is 4.98 Å². The molecule has 23 heavy (non-hydrogen) atoms. The van der Waals surface area contributed by atoms with E-state index in [-0.39, 0.29) is 5.56 Å². The Hall–Kier alpha value is -3.14. The van der Waals surface area contributed by atoms with Crippen LogP contribution in [0.15, 0.2) is 71.8 Å². The molecule has 0 atom stereocenters. The molecule has 0 spiro atoms. The first-order valence-electron chi connectivity index (χ1n) is 7.32. The average molecular weight is 302 g/mol. The molecular weight excluding hydrogens is 288 g/mol. The predicted molar refractivity (Wildman–Crippen MR) is 91.0 cm³/mol. The Kier molecular flexibility index (Phi) is 3.08. The number of rotatable bonds is 2. The molecule has 112 valence electrons. The van der Waals surface area contributed by atoms with Crippen molar-refractivity contribution in [3.63, 3.8) is 0 Å². The minimum absolute atomic E-state index is 0.0723. The van der Waals surface area contributed by atoms with E-state index in [0.717, 1.165) is 22.0 Å². The molecule has 1 aromatic carbocycles. The number of ether oxygens (including phenoxy) is 1. The second-order valence-electron chi connectivity index (χ2n) is 5.26. The molecule has 0 saturated heterocycles. The Balaban J connectivity index is 2.24. The van der Waals surface area contributed by atoms with Gasteiger partial charge in [0.1, 0.15) is 5.75 Å². The first-order valence-corrected chi connectivity index (χ1v) is 7.32. The summed E-state index contributed by atoms with van der Waals surface area (Å²) in [5, 5.41) is 1.84. The summed E-state index contributed by atoms with van der Waals surface area (Å²) in [6.45, 7) is 0. The molecular formula is C19H14N2O2. The van der Waals surface area contributed by atoms with Gasteiger partial charge in [-0.15, -0.1) is 0 Å². The Morgan fingerprint density at radius 2 is 1.87 bits per heavy atom. The molecule has 4 nitrogen and oxygen atoms in total. The molecule has 0 amide bonds. The lowest BCUT2D eigenvalue weighted by Crippen LogP contribution is -2.16. The topological polar surface area (TPSA) is 43.6 Å². The highest BCUT2D eigenvalue weighted by atomic mass is 16.5. The van der Waals surface area contributed by atoms with Crippen LogP contribution in [0, 0.1) is 0 Å². The minimum Gasteiger partial charge on any atom is -0.497 e. The van der Waals surface area contributed by atoms with Crippen molar-refractivity contribution in [1.29, 1.82) is 0 Å². The highest BCUT2D eigenvalue weighted by Crippen LogP contribution is 2.30. The molecule has 0 aliphatic heterocycles. The van der Waals surface area contributed by atoms with E-state index in [1.165, 1.54) is 0 Å². The number of nitrogens with zero attached hydrogens (tertiary/aromatic N) is 2. The lowest BCUT2D eigenvalue weighted by Gasteiger charge is -2.11. The van der Waals surface area contributed by atoms with E-state index in [1.807, 2.05) is 54.6 Å². The summed E-state index contributed by atoms with van der Waals surface area (Å²) in [5.41, 5.74) is 2.06. The van der Waals surface area contributed by atoms with Crippen LogP contribution in [0.3, 0.4) is 0 Å². The van der Waals surface area contributed by atoms with Gasteiger partial charge in [0, 0.05) is 17.8 Å². The Morgan fingerprint density at radius 1 is 1.00 bits per heavy atom. The maximum absolute atomic E-state index is 13.0. The van der Waals surface area contributed by atoms with Crippen LogP contribution in [0.2, 0.25) is 0 Å². The van der Waals surface area contributed by atoms with Gasteiger partial charge in [0.25, 0.3) is 5.56 Å². The van der Waals surface area contributed by atoms with Gasteiger partial charge in [0.2, 0.25) is 0 Å². The number of aromatic nitrogens is 2. The van der Waals surface area contributed by atoms with E-state index in [1.54, 1.807) is 23.9 Å². The van der Waals surface area contributed by atoms with Gasteiger partial charge in [0.15, 0.2) is 0 Å². The van der Waals surface area contributed by atoms with E-state index in [9.17, 15) is 4.79 Å². The van der Waals surface area contributed by atoms with Gasteiger partial charge in [0.05, 0.1) is 23.9 Å². The van der Waals surface area contributed by atoms with Gasteiger partial charge >= 0.3 is 0 Å². The summed E-state index contributed by atoms with van der Waals surface area (Å²) >= 11 is 0. The first-order chi connectivity index (χ1) is 11.3. The van der Waals surface area contributed by atoms with Crippen LogP contribution in [0.1, 0.15) is 0 Å². The molecule has 3 aromatic heterocycles. The zero-order valence-corrected chi connectivity index (χ0v) is 12.6. The van der Waals surface area contributed by atoms with Crippen LogP contribution in [0.4, 0.5) is 0 Å². The van der Waals surface area contributed by atoms with Crippen LogP contribution >= 0.6 is 0 Å². The van der Waals surface area contributed by atoms with Crippen molar-refractivity contribution in [1.82, 2.24) is 9.38 Å². The maximum atomic E-state index is 13.0. The maximum Gasteiger partial charge on any atom is 0.265 e. The van der Waals surface area contributed by atoms with Crippen LogP contribution in [-0.4, -0.2) is 16.5 Å². The standard InChI is InChI=1S/C19H14N2O2/c1-23-13-8-9-14-15(12-13)17-7-3-5-11-21(17)19(22)18(14)16-6-2-4-10-20-16/h2-12H,1H3. The zero-order chi connectivity index (χ0) is 15.8. The summed E-state index contributed by atoms with van der Waals surface area (Å²) < 4.78 is 7.00. The monoisotopic (exact) mass is 302 g/mol. The number of methoxy groups -OCH3 is 1. The fourth-order valence-corrected chi connectivity index (χ4v) is 2.91. The quantitative estimate of drug-likeness (QED) is 0.532. The van der Waals surface area contributed by atoms with Crippen molar-refractivity contribution in [2.75, 3.05) is 7.11 Å². The third kappa shape index (κ3) is 2.07. The Bertz CT molecular complexity index is 1070. The fraction of sp³-hybridized carbons (Fsp3) is 0.0526. The molecule has 4 aromatic rings. The average Bonchev–Trinajstić information content (AvgIpc) is 2.63. The summed E-state index contributed by atoms with van der Waals surface area (Å²) in [7, 11) is 1.64. The van der Waals surface area contributed by atoms with Gasteiger partial charge in [-0.05, 0) is 47.9 Å². The lowest BCUT2D eigenvalue weighted by atomic mass is 10.0. The minimum atomic E-state index is -0.0723. The van der Waals surface area contributed by atoms with Gasteiger partial charge < -0.3 is 4.74 Å². The van der Waals surface area contributed by atoms with Crippen LogP contribution < -0.4 is 10.3 Å². The van der Waals surface area contributed by atoms with Gasteiger partial charge in [-0.25, -0.2) is 0 Å². The first kappa shape index (κ1) is 13.5. The molecule has 3 heterocycles. The van der Waals surface area contributed by atoms with E-state index in [4.69, 9.17) is 4.74 Å². The Morgan fingerprint density at radius 3 is 2.65 bits per heavy atom. The van der Waals surface area contributed by atoms with Crippen molar-refractivity contribution in [2.45, 2.75) is 0 Å². The third-order valence-electron chi connectivity index (χ3n) is 3.99. The summed E-state index contributed by atoms with van der Waals surface area (Å²) in [6, 6.07) is 17.0. The molecule has 0 saturated carbocycles. The molecule has 0 N–H and O–H groups in total. The van der Waals surface area contributed by atoms with E-state index >= 15 is 0 Å². The molecule has 0 unspecified atom stereocenters. The van der Waals surface area contributed by atoms with Gasteiger partial charge in [-0.1, -0.05) is 12.1 Å². The van der Waals surface area contributed by atoms with Crippen molar-refractivity contribution in [2.24, 2.45) is 0 Å². The Labute approximate surface area is 132 Å². The third-order valence-corrected chi connectivity index (χ3v) is 3.99. The second kappa shape index (κ2) is 5.25. The van der Waals surface area contributed by atoms with Crippen LogP contribution in [-0.2, 0) is 0 Å². The SMILES string of the molecule is COc1ccc2c(-c3ccccn3)c(=O)n3ccccc3c2c1. The van der Waals surface area contributed by atoms with Crippen molar-refractivity contribution >= 4 is 16.3 Å². The number of hydrogen-bond acceptors (Lipinski definition) is 3. The summed E-state index contributed by atoms with van der Waals surface area (Å²) in [6.07, 6.45) is 3.48. The smallest absolute Gasteiger partial charge is 0.265 e. The van der Waals surface area contributed by atoms with E-state index in [0.29, 0.717) is 11.3 Å². The summed E-state index contributed by atoms with van der Waals surface area (Å²) in [5.74, 6) is 0.758. The van der Waals surface area contributed by atoms with Crippen molar-refractivity contribution in [3.8, 4) is 17.0 Å². The van der Waals surface area contributed by atoms with Crippen LogP contribution in [0.5, 0.6) is 5.75 Å². The summed E-state index contributed by atoms with van der Waals surface area (Å²) in [4.78, 5) is 17.4. The highest BCUT2D eigenvalue weighted by molar-refractivity contribution is 6.04. The van der Waals surface area contributed by atoms with Crippen molar-refractivity contribution in [3.05, 3.63) is 77.3 Å². The predicted octanol–water partition coefficient (Wildman–Crippen LogP) is 3.52. The normalized spacial score (nSPS) is 11.0. The lowest BCUT2D eigenvalue weighted by molar-refractivity contribution is 0.415. The molecule has 0 fully saturated rings. The highest BCUT2D eigenvalue weighted by Gasteiger charge is 2.14. The fourth-order valence-electron chi connectivity index (χ4n) is 2.91.